The molecular weight excluding hydrogens is 549 g/mol. The molecular formula is C34H32FN3O3S. The lowest BCUT2D eigenvalue weighted by Crippen LogP contribution is -2.30. The van der Waals surface area contributed by atoms with Crippen molar-refractivity contribution >= 4 is 46.9 Å². The fourth-order valence-electron chi connectivity index (χ4n) is 4.20. The van der Waals surface area contributed by atoms with Gasteiger partial charge in [-0.3, -0.25) is 14.4 Å². The molecule has 0 fully saturated rings. The van der Waals surface area contributed by atoms with Gasteiger partial charge in [-0.25, -0.2) is 4.39 Å². The first-order valence-electron chi connectivity index (χ1n) is 13.5. The molecule has 4 aromatic rings. The van der Waals surface area contributed by atoms with E-state index in [1.165, 1.54) is 42.1 Å². The second-order valence-corrected chi connectivity index (χ2v) is 11.0. The van der Waals surface area contributed by atoms with E-state index in [1.807, 2.05) is 38.1 Å². The van der Waals surface area contributed by atoms with Gasteiger partial charge < -0.3 is 16.0 Å². The van der Waals surface area contributed by atoms with Gasteiger partial charge in [-0.1, -0.05) is 61.5 Å². The van der Waals surface area contributed by atoms with Crippen LogP contribution >= 0.6 is 11.8 Å². The predicted octanol–water partition coefficient (Wildman–Crippen LogP) is 7.23. The number of para-hydroxylation sites is 1. The third-order valence-electron chi connectivity index (χ3n) is 6.47. The van der Waals surface area contributed by atoms with E-state index in [-0.39, 0.29) is 11.6 Å². The van der Waals surface area contributed by atoms with Crippen molar-refractivity contribution in [3.8, 4) is 0 Å². The van der Waals surface area contributed by atoms with E-state index >= 15 is 0 Å². The summed E-state index contributed by atoms with van der Waals surface area (Å²) in [5.74, 6) is -1.54. The van der Waals surface area contributed by atoms with Gasteiger partial charge >= 0.3 is 0 Å². The lowest BCUT2D eigenvalue weighted by molar-refractivity contribution is -0.115. The molecule has 8 heteroatoms. The van der Waals surface area contributed by atoms with Crippen molar-refractivity contribution < 1.29 is 18.8 Å². The number of carbonyl (C=O) groups is 3. The zero-order chi connectivity index (χ0) is 30.1. The van der Waals surface area contributed by atoms with Gasteiger partial charge in [0.05, 0.1) is 5.25 Å². The molecule has 0 aliphatic heterocycles. The molecule has 0 saturated heterocycles. The quantitative estimate of drug-likeness (QED) is 0.136. The van der Waals surface area contributed by atoms with Crippen LogP contribution in [0.25, 0.3) is 6.08 Å². The number of anilines is 2. The highest BCUT2D eigenvalue weighted by Gasteiger charge is 2.18. The maximum absolute atomic E-state index is 13.4. The number of hydrogen-bond acceptors (Lipinski definition) is 4. The van der Waals surface area contributed by atoms with Crippen LogP contribution in [0.15, 0.2) is 108 Å². The van der Waals surface area contributed by atoms with Crippen molar-refractivity contribution in [2.24, 2.45) is 0 Å². The van der Waals surface area contributed by atoms with Gasteiger partial charge in [0, 0.05) is 21.8 Å². The highest BCUT2D eigenvalue weighted by Crippen LogP contribution is 2.28. The maximum atomic E-state index is 13.4. The molecule has 0 heterocycles. The van der Waals surface area contributed by atoms with Gasteiger partial charge in [-0.05, 0) is 85.5 Å². The van der Waals surface area contributed by atoms with Gasteiger partial charge in [0.25, 0.3) is 11.8 Å². The van der Waals surface area contributed by atoms with Crippen LogP contribution in [0.4, 0.5) is 15.8 Å². The summed E-state index contributed by atoms with van der Waals surface area (Å²) in [5.41, 5.74) is 4.34. The molecule has 4 aromatic carbocycles. The molecule has 0 aliphatic carbocycles. The molecule has 4 rings (SSSR count). The fourth-order valence-corrected chi connectivity index (χ4v) is 5.12. The first-order valence-corrected chi connectivity index (χ1v) is 14.4. The molecule has 0 bridgehead atoms. The lowest BCUT2D eigenvalue weighted by Gasteiger charge is -2.17. The number of aryl methyl sites for hydroxylation is 2. The molecule has 3 N–H and O–H groups in total. The average Bonchev–Trinajstić information content (AvgIpc) is 2.99. The smallest absolute Gasteiger partial charge is 0.272 e. The molecule has 6 nitrogen and oxygen atoms in total. The maximum Gasteiger partial charge on any atom is 0.272 e. The Bertz CT molecular complexity index is 1600. The van der Waals surface area contributed by atoms with E-state index in [2.05, 4.69) is 22.9 Å². The van der Waals surface area contributed by atoms with Crippen LogP contribution in [0.3, 0.4) is 0 Å². The number of hydrogen-bond donors (Lipinski definition) is 3. The topological polar surface area (TPSA) is 87.3 Å². The molecule has 3 amide bonds. The number of thioether (sulfide) groups is 1. The van der Waals surface area contributed by atoms with Crippen LogP contribution in [0.2, 0.25) is 0 Å². The van der Waals surface area contributed by atoms with Crippen molar-refractivity contribution in [1.82, 2.24) is 5.32 Å². The van der Waals surface area contributed by atoms with Gasteiger partial charge in [0.2, 0.25) is 5.91 Å². The standard InChI is InChI=1S/C34H32FN3O3S/c1-4-25-13-8-10-22(2)31(25)38-32(39)23(3)42-29-15-9-14-28(21-29)36-34(41)30(20-24-16-18-27(35)19-17-24)37-33(40)26-11-6-5-7-12-26/h5-21,23H,4H2,1-3H3,(H,36,41)(H,37,40)(H,38,39)/b30-20+. The molecule has 0 aliphatic rings. The van der Waals surface area contributed by atoms with Crippen LogP contribution in [-0.4, -0.2) is 23.0 Å². The summed E-state index contributed by atoms with van der Waals surface area (Å²) < 4.78 is 13.4. The average molecular weight is 582 g/mol. The predicted molar refractivity (Wildman–Crippen MR) is 168 cm³/mol. The number of nitrogens with one attached hydrogen (secondary N) is 3. The number of benzene rings is 4. The Morgan fingerprint density at radius 3 is 2.31 bits per heavy atom. The minimum Gasteiger partial charge on any atom is -0.325 e. The number of rotatable bonds is 10. The summed E-state index contributed by atoms with van der Waals surface area (Å²) in [6.45, 7) is 5.85. The molecule has 214 valence electrons. The van der Waals surface area contributed by atoms with E-state index < -0.39 is 22.9 Å². The number of carbonyl (C=O) groups excluding carboxylic acids is 3. The second-order valence-electron chi connectivity index (χ2n) is 9.62. The highest BCUT2D eigenvalue weighted by atomic mass is 32.2. The Morgan fingerprint density at radius 1 is 0.881 bits per heavy atom. The molecule has 1 unspecified atom stereocenters. The number of amides is 3. The monoisotopic (exact) mass is 581 g/mol. The number of halogens is 1. The molecule has 0 spiro atoms. The normalized spacial score (nSPS) is 11.9. The van der Waals surface area contributed by atoms with Crippen molar-refractivity contribution in [3.63, 3.8) is 0 Å². The summed E-state index contributed by atoms with van der Waals surface area (Å²) >= 11 is 1.37. The van der Waals surface area contributed by atoms with Crippen molar-refractivity contribution in [2.45, 2.75) is 37.3 Å². The Morgan fingerprint density at radius 2 is 1.60 bits per heavy atom. The summed E-state index contributed by atoms with van der Waals surface area (Å²) in [4.78, 5) is 40.0. The van der Waals surface area contributed by atoms with E-state index in [0.717, 1.165) is 28.1 Å². The Kier molecular flexibility index (Phi) is 10.3. The molecule has 42 heavy (non-hydrogen) atoms. The van der Waals surface area contributed by atoms with Crippen LogP contribution < -0.4 is 16.0 Å². The van der Waals surface area contributed by atoms with E-state index in [4.69, 9.17) is 0 Å². The summed E-state index contributed by atoms with van der Waals surface area (Å²) in [5, 5.41) is 8.17. The van der Waals surface area contributed by atoms with Gasteiger partial charge in [-0.2, -0.15) is 0 Å². The Hall–Kier alpha value is -4.69. The zero-order valence-electron chi connectivity index (χ0n) is 23.6. The fraction of sp³-hybridized carbons (Fsp3) is 0.147. The van der Waals surface area contributed by atoms with Gasteiger partial charge in [-0.15, -0.1) is 11.8 Å². The molecule has 0 saturated carbocycles. The van der Waals surface area contributed by atoms with Crippen molar-refractivity contribution in [1.29, 1.82) is 0 Å². The van der Waals surface area contributed by atoms with Crippen molar-refractivity contribution in [3.05, 3.63) is 131 Å². The summed E-state index contributed by atoms with van der Waals surface area (Å²) in [6, 6.07) is 27.2. The highest BCUT2D eigenvalue weighted by molar-refractivity contribution is 8.00. The Balaban J connectivity index is 1.48. The summed E-state index contributed by atoms with van der Waals surface area (Å²) in [6.07, 6.45) is 2.29. The van der Waals surface area contributed by atoms with Crippen LogP contribution in [0.5, 0.6) is 0 Å². The van der Waals surface area contributed by atoms with Gasteiger partial charge in [0.15, 0.2) is 0 Å². The SMILES string of the molecule is CCc1cccc(C)c1NC(=O)C(C)Sc1cccc(NC(=O)/C(=C\c2ccc(F)cc2)NC(=O)c2ccccc2)c1. The van der Waals surface area contributed by atoms with Crippen LogP contribution in [0, 0.1) is 12.7 Å². The Labute approximate surface area is 249 Å². The van der Waals surface area contributed by atoms with Gasteiger partial charge in [0.1, 0.15) is 11.5 Å². The largest absolute Gasteiger partial charge is 0.325 e. The zero-order valence-corrected chi connectivity index (χ0v) is 24.4. The van der Waals surface area contributed by atoms with E-state index in [1.54, 1.807) is 48.5 Å². The third kappa shape index (κ3) is 8.17. The molecule has 0 aromatic heterocycles. The minimum absolute atomic E-state index is 0.00813. The minimum atomic E-state index is -0.553. The third-order valence-corrected chi connectivity index (χ3v) is 7.57. The first kappa shape index (κ1) is 30.3. The molecule has 1 atom stereocenters. The van der Waals surface area contributed by atoms with Crippen LogP contribution in [0.1, 0.15) is 40.9 Å². The van der Waals surface area contributed by atoms with Crippen molar-refractivity contribution in [2.75, 3.05) is 10.6 Å². The second kappa shape index (κ2) is 14.3. The summed E-state index contributed by atoms with van der Waals surface area (Å²) in [7, 11) is 0. The lowest BCUT2D eigenvalue weighted by atomic mass is 10.1. The van der Waals surface area contributed by atoms with Crippen LogP contribution in [-0.2, 0) is 16.0 Å². The van der Waals surface area contributed by atoms with E-state index in [9.17, 15) is 18.8 Å². The molecule has 0 radical (unpaired) electrons. The first-order chi connectivity index (χ1) is 20.2. The van der Waals surface area contributed by atoms with E-state index in [0.29, 0.717) is 16.8 Å².